The van der Waals surface area contributed by atoms with Gasteiger partial charge in [-0.3, -0.25) is 4.79 Å². The molecular weight excluding hydrogens is 170 g/mol. The van der Waals surface area contributed by atoms with Crippen LogP contribution in [0.2, 0.25) is 0 Å². The lowest BCUT2D eigenvalue weighted by molar-refractivity contribution is -0.134. The predicted molar refractivity (Wildman–Crippen MR) is 44.6 cm³/mol. The molecule has 0 aromatic carbocycles. The van der Waals surface area contributed by atoms with Crippen LogP contribution in [0, 0.1) is 11.8 Å². The van der Waals surface area contributed by atoms with E-state index in [1.165, 1.54) is 6.20 Å². The number of aliphatic carboxylic acids is 1. The van der Waals surface area contributed by atoms with E-state index < -0.39 is 5.97 Å². The zero-order chi connectivity index (χ0) is 9.42. The third-order valence-electron chi connectivity index (χ3n) is 2.49. The Labute approximate surface area is 74.9 Å². The van der Waals surface area contributed by atoms with E-state index in [4.69, 9.17) is 5.11 Å². The van der Waals surface area contributed by atoms with Crippen molar-refractivity contribution >= 4 is 11.9 Å². The van der Waals surface area contributed by atoms with E-state index >= 15 is 0 Å². The lowest BCUT2D eigenvalue weighted by Gasteiger charge is -2.23. The topological polar surface area (TPSA) is 66.4 Å². The number of carboxylic acids is 1. The fourth-order valence-electron chi connectivity index (χ4n) is 1.82. The van der Waals surface area contributed by atoms with Crippen LogP contribution < -0.4 is 5.32 Å². The summed E-state index contributed by atoms with van der Waals surface area (Å²) < 4.78 is 0. The number of hydrogen-bond acceptors (Lipinski definition) is 2. The minimum atomic E-state index is -0.946. The zero-order valence-corrected chi connectivity index (χ0v) is 6.86. The number of allylic oxidation sites excluding steroid dienone is 1. The summed E-state index contributed by atoms with van der Waals surface area (Å²) >= 11 is 0. The molecule has 2 rings (SSSR count). The van der Waals surface area contributed by atoms with Gasteiger partial charge in [-0.25, -0.2) is 4.79 Å². The largest absolute Gasteiger partial charge is 0.478 e. The summed E-state index contributed by atoms with van der Waals surface area (Å²) in [5, 5.41) is 11.3. The van der Waals surface area contributed by atoms with Crippen LogP contribution in [-0.4, -0.2) is 17.0 Å². The molecule has 1 aliphatic heterocycles. The maximum Gasteiger partial charge on any atom is 0.333 e. The minimum Gasteiger partial charge on any atom is -0.478 e. The van der Waals surface area contributed by atoms with E-state index in [0.29, 0.717) is 12.0 Å². The second-order valence-electron chi connectivity index (χ2n) is 3.21. The molecule has 0 bridgehead atoms. The Kier molecular flexibility index (Phi) is 1.69. The Hall–Kier alpha value is -1.58. The highest BCUT2D eigenvalue weighted by Crippen LogP contribution is 2.33. The summed E-state index contributed by atoms with van der Waals surface area (Å²) in [5.74, 6) is -1.50. The summed E-state index contributed by atoms with van der Waals surface area (Å²) in [7, 11) is 0. The normalized spacial score (nSPS) is 30.8. The number of hydrogen-bond donors (Lipinski definition) is 2. The molecular formula is C9H9NO3. The van der Waals surface area contributed by atoms with Gasteiger partial charge < -0.3 is 10.4 Å². The van der Waals surface area contributed by atoms with Crippen LogP contribution in [0.5, 0.6) is 0 Å². The number of amides is 1. The second-order valence-corrected chi connectivity index (χ2v) is 3.21. The Balaban J connectivity index is 2.33. The number of rotatable bonds is 1. The van der Waals surface area contributed by atoms with Gasteiger partial charge in [0, 0.05) is 12.1 Å². The molecule has 0 aromatic rings. The van der Waals surface area contributed by atoms with Gasteiger partial charge in [-0.2, -0.15) is 0 Å². The standard InChI is InChI=1S/C9H9NO3/c11-8-6-3-1-2-5(6)7(4-10-8)9(12)13/h1,3-6H,2H2,(H,10,11)(H,12,13). The molecule has 2 atom stereocenters. The maximum absolute atomic E-state index is 11.2. The molecule has 0 saturated carbocycles. The average Bonchev–Trinajstić information content (AvgIpc) is 2.53. The minimum absolute atomic E-state index is 0.108. The number of carboxylic acid groups (broad SMARTS) is 1. The van der Waals surface area contributed by atoms with Crippen molar-refractivity contribution in [3.63, 3.8) is 0 Å². The van der Waals surface area contributed by atoms with Gasteiger partial charge in [-0.15, -0.1) is 0 Å². The van der Waals surface area contributed by atoms with E-state index in [0.717, 1.165) is 0 Å². The molecule has 13 heavy (non-hydrogen) atoms. The third kappa shape index (κ3) is 1.14. The van der Waals surface area contributed by atoms with Crippen LogP contribution >= 0.6 is 0 Å². The summed E-state index contributed by atoms with van der Waals surface area (Å²) in [6, 6.07) is 0. The molecule has 4 nitrogen and oxygen atoms in total. The maximum atomic E-state index is 11.2. The highest BCUT2D eigenvalue weighted by Gasteiger charge is 2.37. The van der Waals surface area contributed by atoms with Gasteiger partial charge in [-0.1, -0.05) is 12.2 Å². The first-order chi connectivity index (χ1) is 6.20. The van der Waals surface area contributed by atoms with Gasteiger partial charge in [-0.05, 0) is 6.42 Å². The molecule has 2 aliphatic rings. The summed E-state index contributed by atoms with van der Waals surface area (Å²) in [5.41, 5.74) is 0.301. The lowest BCUT2D eigenvalue weighted by Crippen LogP contribution is -2.36. The average molecular weight is 179 g/mol. The van der Waals surface area contributed by atoms with Crippen molar-refractivity contribution in [1.29, 1.82) is 0 Å². The molecule has 0 spiro atoms. The SMILES string of the molecule is O=C(O)C1=CNC(=O)C2C=CCC12. The van der Waals surface area contributed by atoms with Crippen LogP contribution in [0.1, 0.15) is 6.42 Å². The van der Waals surface area contributed by atoms with Crippen LogP contribution in [0.4, 0.5) is 0 Å². The number of nitrogens with one attached hydrogen (secondary N) is 1. The van der Waals surface area contributed by atoms with Crippen LogP contribution in [0.25, 0.3) is 0 Å². The summed E-state index contributed by atoms with van der Waals surface area (Å²) in [6.07, 6.45) is 5.59. The van der Waals surface area contributed by atoms with Gasteiger partial charge in [0.2, 0.25) is 5.91 Å². The third-order valence-corrected chi connectivity index (χ3v) is 2.49. The van der Waals surface area contributed by atoms with Gasteiger partial charge in [0.25, 0.3) is 0 Å². The van der Waals surface area contributed by atoms with Crippen molar-refractivity contribution in [2.24, 2.45) is 11.8 Å². The van der Waals surface area contributed by atoms with Crippen molar-refractivity contribution in [2.75, 3.05) is 0 Å². The summed E-state index contributed by atoms with van der Waals surface area (Å²) in [4.78, 5) is 22.0. The lowest BCUT2D eigenvalue weighted by atomic mass is 9.86. The van der Waals surface area contributed by atoms with Gasteiger partial charge in [0.15, 0.2) is 0 Å². The van der Waals surface area contributed by atoms with Crippen molar-refractivity contribution < 1.29 is 14.7 Å². The molecule has 0 aromatic heterocycles. The van der Waals surface area contributed by atoms with E-state index in [1.807, 2.05) is 6.08 Å². The predicted octanol–water partition coefficient (Wildman–Crippen LogP) is 0.277. The van der Waals surface area contributed by atoms with Gasteiger partial charge in [0.1, 0.15) is 0 Å². The number of carbonyl (C=O) groups excluding carboxylic acids is 1. The van der Waals surface area contributed by atoms with Crippen LogP contribution in [-0.2, 0) is 9.59 Å². The zero-order valence-electron chi connectivity index (χ0n) is 6.86. The van der Waals surface area contributed by atoms with E-state index in [2.05, 4.69) is 5.32 Å². The first-order valence-corrected chi connectivity index (χ1v) is 4.10. The Morgan fingerprint density at radius 3 is 3.08 bits per heavy atom. The number of carbonyl (C=O) groups is 2. The highest BCUT2D eigenvalue weighted by molar-refractivity contribution is 5.93. The Morgan fingerprint density at radius 2 is 2.38 bits per heavy atom. The molecule has 1 amide bonds. The smallest absolute Gasteiger partial charge is 0.333 e. The first kappa shape index (κ1) is 8.04. The molecule has 0 radical (unpaired) electrons. The molecule has 1 heterocycles. The van der Waals surface area contributed by atoms with Crippen molar-refractivity contribution in [3.05, 3.63) is 23.9 Å². The van der Waals surface area contributed by atoms with Gasteiger partial charge >= 0.3 is 5.97 Å². The summed E-state index contributed by atoms with van der Waals surface area (Å²) in [6.45, 7) is 0. The highest BCUT2D eigenvalue weighted by atomic mass is 16.4. The molecule has 1 aliphatic carbocycles. The van der Waals surface area contributed by atoms with Crippen molar-refractivity contribution in [2.45, 2.75) is 6.42 Å². The van der Waals surface area contributed by atoms with Gasteiger partial charge in [0.05, 0.1) is 11.5 Å². The molecule has 2 N–H and O–H groups in total. The van der Waals surface area contributed by atoms with Crippen LogP contribution in [0.15, 0.2) is 23.9 Å². The van der Waals surface area contributed by atoms with E-state index in [9.17, 15) is 9.59 Å². The fourth-order valence-corrected chi connectivity index (χ4v) is 1.82. The van der Waals surface area contributed by atoms with Crippen molar-refractivity contribution in [3.8, 4) is 0 Å². The quantitative estimate of drug-likeness (QED) is 0.568. The number of fused-ring (bicyclic) bond motifs is 1. The van der Waals surface area contributed by atoms with E-state index in [1.54, 1.807) is 6.08 Å². The Morgan fingerprint density at radius 1 is 1.62 bits per heavy atom. The molecule has 68 valence electrons. The second kappa shape index (κ2) is 2.73. The fraction of sp³-hybridized carbons (Fsp3) is 0.333. The Bertz CT molecular complexity index is 330. The van der Waals surface area contributed by atoms with E-state index in [-0.39, 0.29) is 17.7 Å². The molecule has 2 unspecified atom stereocenters. The molecule has 4 heteroatoms. The monoisotopic (exact) mass is 179 g/mol. The molecule has 0 fully saturated rings. The van der Waals surface area contributed by atoms with Crippen LogP contribution in [0.3, 0.4) is 0 Å². The molecule has 0 saturated heterocycles. The van der Waals surface area contributed by atoms with Crippen molar-refractivity contribution in [1.82, 2.24) is 5.32 Å². The first-order valence-electron chi connectivity index (χ1n) is 4.10.